The highest BCUT2D eigenvalue weighted by Gasteiger charge is 2.93. The zero-order chi connectivity index (χ0) is 27.3. The summed E-state index contributed by atoms with van der Waals surface area (Å²) in [6.45, 7) is -3.06. The first-order valence-corrected chi connectivity index (χ1v) is 8.16. The number of halogens is 16. The topological polar surface area (TPSA) is 46.5 Å². The number of hydrogen-bond donors (Lipinski definition) is 1. The quantitative estimate of drug-likeness (QED) is 0.342. The van der Waals surface area contributed by atoms with Gasteiger partial charge >= 0.3 is 47.7 Å². The van der Waals surface area contributed by atoms with Gasteiger partial charge in [0.15, 0.2) is 6.61 Å². The Labute approximate surface area is 182 Å². The van der Waals surface area contributed by atoms with Gasteiger partial charge in [-0.3, -0.25) is 0 Å². The number of hydrogen-bond acceptors (Lipinski definition) is 2. The van der Waals surface area contributed by atoms with Gasteiger partial charge in [0.1, 0.15) is 5.75 Å². The number of carboxylic acids is 1. The molecule has 3 nitrogen and oxygen atoms in total. The third kappa shape index (κ3) is 4.39. The summed E-state index contributed by atoms with van der Waals surface area (Å²) in [4.78, 5) is 10.7. The normalized spacial score (nSPS) is 14.8. The van der Waals surface area contributed by atoms with Crippen molar-refractivity contribution in [3.05, 3.63) is 28.8 Å². The molecule has 0 heterocycles. The SMILES string of the molecule is O=C(O)c1ccc(OCC(F)(F)C(F)(F)C(F)(F)C(F)(F)C(F)(F)C(F)(F)C(F)(F)F)cc1Cl. The van der Waals surface area contributed by atoms with Crippen LogP contribution in [0.3, 0.4) is 0 Å². The molecule has 196 valence electrons. The van der Waals surface area contributed by atoms with Gasteiger partial charge in [-0.1, -0.05) is 11.6 Å². The Morgan fingerprint density at radius 1 is 0.735 bits per heavy atom. The Balaban J connectivity index is 3.36. The van der Waals surface area contributed by atoms with Crippen LogP contribution in [0.25, 0.3) is 0 Å². The maximum atomic E-state index is 13.7. The molecule has 1 rings (SSSR count). The zero-order valence-corrected chi connectivity index (χ0v) is 16.0. The molecule has 34 heavy (non-hydrogen) atoms. The Hall–Kier alpha value is -2.27. The maximum absolute atomic E-state index is 13.7. The molecule has 0 radical (unpaired) electrons. The molecule has 0 amide bonds. The highest BCUT2D eigenvalue weighted by molar-refractivity contribution is 6.33. The molecule has 0 aliphatic rings. The van der Waals surface area contributed by atoms with Crippen LogP contribution in [-0.2, 0) is 0 Å². The number of alkyl halides is 15. The van der Waals surface area contributed by atoms with E-state index in [1.807, 2.05) is 0 Å². The Bertz CT molecular complexity index is 926. The van der Waals surface area contributed by atoms with Crippen LogP contribution in [0, 0.1) is 0 Å². The molecule has 19 heteroatoms. The highest BCUT2D eigenvalue weighted by atomic mass is 35.5. The first-order chi connectivity index (χ1) is 14.8. The molecule has 0 saturated carbocycles. The van der Waals surface area contributed by atoms with Crippen molar-refractivity contribution in [2.45, 2.75) is 41.7 Å². The van der Waals surface area contributed by atoms with Crippen LogP contribution in [0.15, 0.2) is 18.2 Å². The first-order valence-electron chi connectivity index (χ1n) is 7.79. The van der Waals surface area contributed by atoms with Crippen molar-refractivity contribution >= 4 is 17.6 Å². The summed E-state index contributed by atoms with van der Waals surface area (Å²) >= 11 is 5.36. The van der Waals surface area contributed by atoms with Crippen LogP contribution in [-0.4, -0.2) is 59.4 Å². The van der Waals surface area contributed by atoms with E-state index >= 15 is 0 Å². The summed E-state index contributed by atoms with van der Waals surface area (Å²) in [5.41, 5.74) is -0.717. The molecule has 0 fully saturated rings. The van der Waals surface area contributed by atoms with E-state index in [0.717, 1.165) is 0 Å². The monoisotopic (exact) mass is 554 g/mol. The molecular weight excluding hydrogens is 549 g/mol. The molecule has 0 aromatic heterocycles. The van der Waals surface area contributed by atoms with Gasteiger partial charge in [-0.05, 0) is 18.2 Å². The van der Waals surface area contributed by atoms with Crippen LogP contribution < -0.4 is 4.74 Å². The largest absolute Gasteiger partial charge is 0.487 e. The van der Waals surface area contributed by atoms with Crippen molar-refractivity contribution in [1.82, 2.24) is 0 Å². The van der Waals surface area contributed by atoms with Gasteiger partial charge in [0.25, 0.3) is 0 Å². The molecule has 0 saturated heterocycles. The summed E-state index contributed by atoms with van der Waals surface area (Å²) < 4.78 is 200. The second kappa shape index (κ2) is 8.44. The van der Waals surface area contributed by atoms with Crippen molar-refractivity contribution in [3.63, 3.8) is 0 Å². The second-order valence-corrected chi connectivity index (χ2v) is 6.72. The summed E-state index contributed by atoms with van der Waals surface area (Å²) in [5, 5.41) is 7.88. The van der Waals surface area contributed by atoms with E-state index in [9.17, 15) is 70.7 Å². The van der Waals surface area contributed by atoms with Crippen molar-refractivity contribution < 1.29 is 80.5 Å². The van der Waals surface area contributed by atoms with Crippen molar-refractivity contribution in [2.75, 3.05) is 6.61 Å². The molecule has 0 atom stereocenters. The molecular formula is C15H6ClF15O3. The van der Waals surface area contributed by atoms with Gasteiger partial charge in [0, 0.05) is 0 Å². The van der Waals surface area contributed by atoms with Crippen molar-refractivity contribution in [2.24, 2.45) is 0 Å². The minimum Gasteiger partial charge on any atom is -0.487 e. The summed E-state index contributed by atoms with van der Waals surface area (Å²) in [6.07, 6.45) is -7.68. The molecule has 0 aliphatic heterocycles. The standard InChI is InChI=1S/C15H6ClF15O3/c16-7-3-5(1-2-6(7)8(32)33)34-4-9(17,18)10(19,20)11(21,22)12(23,24)13(25,26)14(27,28)15(29,30)31/h1-3H,4H2,(H,32,33). The molecule has 1 aromatic carbocycles. The number of carboxylic acid groups (broad SMARTS) is 1. The van der Waals surface area contributed by atoms with E-state index in [2.05, 4.69) is 4.74 Å². The van der Waals surface area contributed by atoms with E-state index in [0.29, 0.717) is 18.2 Å². The van der Waals surface area contributed by atoms with Crippen molar-refractivity contribution in [1.29, 1.82) is 0 Å². The average Bonchev–Trinajstić information content (AvgIpc) is 2.64. The van der Waals surface area contributed by atoms with E-state index in [-0.39, 0.29) is 0 Å². The predicted octanol–water partition coefficient (Wildman–Crippen LogP) is 6.79. The number of aromatic carboxylic acids is 1. The third-order valence-electron chi connectivity index (χ3n) is 3.98. The third-order valence-corrected chi connectivity index (χ3v) is 4.30. The number of benzene rings is 1. The first kappa shape index (κ1) is 29.8. The molecule has 0 spiro atoms. The Morgan fingerprint density at radius 3 is 1.53 bits per heavy atom. The fraction of sp³-hybridized carbons (Fsp3) is 0.533. The maximum Gasteiger partial charge on any atom is 0.460 e. The van der Waals surface area contributed by atoms with Crippen LogP contribution in [0.2, 0.25) is 5.02 Å². The molecule has 0 aliphatic carbocycles. The Morgan fingerprint density at radius 2 is 1.15 bits per heavy atom. The number of ether oxygens (including phenoxy) is 1. The van der Waals surface area contributed by atoms with Crippen LogP contribution in [0.5, 0.6) is 5.75 Å². The van der Waals surface area contributed by atoms with Gasteiger partial charge in [-0.15, -0.1) is 0 Å². The van der Waals surface area contributed by atoms with E-state index < -0.39 is 70.6 Å². The zero-order valence-electron chi connectivity index (χ0n) is 15.3. The minimum absolute atomic E-state index is 0.337. The molecule has 1 N–H and O–H groups in total. The Kier molecular flexibility index (Phi) is 7.39. The minimum atomic E-state index is -8.39. The lowest BCUT2D eigenvalue weighted by molar-refractivity contribution is -0.453. The predicted molar refractivity (Wildman–Crippen MR) is 79.6 cm³/mol. The molecule has 1 aromatic rings. The highest BCUT2D eigenvalue weighted by Crippen LogP contribution is 2.62. The van der Waals surface area contributed by atoms with Gasteiger partial charge in [0.2, 0.25) is 0 Å². The fourth-order valence-electron chi connectivity index (χ4n) is 2.02. The van der Waals surface area contributed by atoms with E-state index in [1.165, 1.54) is 0 Å². The summed E-state index contributed by atoms with van der Waals surface area (Å²) in [6, 6.07) is 1.27. The van der Waals surface area contributed by atoms with Crippen LogP contribution >= 0.6 is 11.6 Å². The lowest BCUT2D eigenvalue weighted by atomic mass is 9.91. The summed E-state index contributed by atoms with van der Waals surface area (Å²) in [7, 11) is 0. The smallest absolute Gasteiger partial charge is 0.460 e. The van der Waals surface area contributed by atoms with Gasteiger partial charge in [-0.25, -0.2) is 4.79 Å². The lowest BCUT2D eigenvalue weighted by Crippen LogP contribution is -2.73. The van der Waals surface area contributed by atoms with Gasteiger partial charge in [0.05, 0.1) is 10.6 Å². The number of rotatable bonds is 9. The fourth-order valence-corrected chi connectivity index (χ4v) is 2.27. The van der Waals surface area contributed by atoms with Crippen molar-refractivity contribution in [3.8, 4) is 5.75 Å². The lowest BCUT2D eigenvalue weighted by Gasteiger charge is -2.41. The van der Waals surface area contributed by atoms with Gasteiger partial charge in [-0.2, -0.15) is 65.9 Å². The van der Waals surface area contributed by atoms with Crippen LogP contribution in [0.4, 0.5) is 65.9 Å². The second-order valence-electron chi connectivity index (χ2n) is 6.31. The average molecular weight is 555 g/mol. The van der Waals surface area contributed by atoms with E-state index in [4.69, 9.17) is 16.7 Å². The van der Waals surface area contributed by atoms with Gasteiger partial charge < -0.3 is 9.84 Å². The molecule has 0 bridgehead atoms. The van der Waals surface area contributed by atoms with E-state index in [1.54, 1.807) is 0 Å². The molecule has 0 unspecified atom stereocenters. The van der Waals surface area contributed by atoms with Crippen LogP contribution in [0.1, 0.15) is 10.4 Å². The summed E-state index contributed by atoms with van der Waals surface area (Å²) in [5.74, 6) is -50.1. The number of carbonyl (C=O) groups is 1.